The Balaban J connectivity index is 2.36. The Kier molecular flexibility index (Phi) is 4.55. The molecule has 0 aromatic carbocycles. The van der Waals surface area contributed by atoms with Crippen molar-refractivity contribution in [2.75, 3.05) is 13.7 Å². The van der Waals surface area contributed by atoms with Crippen molar-refractivity contribution in [3.8, 4) is 0 Å². The highest BCUT2D eigenvalue weighted by atomic mass is 16.5. The summed E-state index contributed by atoms with van der Waals surface area (Å²) < 4.78 is 4.77. The van der Waals surface area contributed by atoms with E-state index in [-0.39, 0.29) is 11.9 Å². The van der Waals surface area contributed by atoms with Crippen molar-refractivity contribution in [1.82, 2.24) is 5.32 Å². The summed E-state index contributed by atoms with van der Waals surface area (Å²) in [5.74, 6) is -1.36. The van der Waals surface area contributed by atoms with E-state index in [1.807, 2.05) is 0 Å². The summed E-state index contributed by atoms with van der Waals surface area (Å²) in [5, 5.41) is 11.6. The largest absolute Gasteiger partial charge is 0.481 e. The minimum Gasteiger partial charge on any atom is -0.481 e. The van der Waals surface area contributed by atoms with Gasteiger partial charge in [0, 0.05) is 19.6 Å². The summed E-state index contributed by atoms with van der Waals surface area (Å²) in [6.45, 7) is 0.371. The molecular weight excluding hydrogens is 198 g/mol. The number of rotatable bonds is 5. The molecule has 0 radical (unpaired) electrons. The number of hydrogen-bond donors (Lipinski definition) is 2. The van der Waals surface area contributed by atoms with Gasteiger partial charge in [-0.2, -0.15) is 0 Å². The van der Waals surface area contributed by atoms with Gasteiger partial charge in [0.15, 0.2) is 0 Å². The van der Waals surface area contributed by atoms with Crippen molar-refractivity contribution in [3.63, 3.8) is 0 Å². The number of hydrogen-bond acceptors (Lipinski definition) is 3. The number of carbonyl (C=O) groups excluding carboxylic acids is 1. The Hall–Kier alpha value is -1.10. The van der Waals surface area contributed by atoms with Gasteiger partial charge in [0.1, 0.15) is 0 Å². The molecule has 0 spiro atoms. The van der Waals surface area contributed by atoms with E-state index in [2.05, 4.69) is 5.32 Å². The minimum atomic E-state index is -0.815. The highest BCUT2D eigenvalue weighted by Gasteiger charge is 2.33. The van der Waals surface area contributed by atoms with E-state index in [4.69, 9.17) is 9.84 Å². The third-order valence-corrected chi connectivity index (χ3v) is 2.71. The minimum absolute atomic E-state index is 0.130. The number of methoxy groups -OCH3 is 1. The first kappa shape index (κ1) is 12.0. The van der Waals surface area contributed by atoms with Crippen LogP contribution in [0.3, 0.4) is 0 Å². The van der Waals surface area contributed by atoms with Crippen LogP contribution in [0.5, 0.6) is 0 Å². The number of carbonyl (C=O) groups is 2. The van der Waals surface area contributed by atoms with E-state index in [1.54, 1.807) is 0 Å². The van der Waals surface area contributed by atoms with Gasteiger partial charge in [-0.15, -0.1) is 0 Å². The molecule has 0 heterocycles. The molecule has 1 fully saturated rings. The molecule has 0 aliphatic heterocycles. The first-order chi connectivity index (χ1) is 7.15. The molecule has 2 unspecified atom stereocenters. The van der Waals surface area contributed by atoms with Gasteiger partial charge >= 0.3 is 5.97 Å². The topological polar surface area (TPSA) is 75.6 Å². The number of ether oxygens (including phenoxy) is 1. The number of carboxylic acid groups (broad SMARTS) is 1. The van der Waals surface area contributed by atoms with Crippen molar-refractivity contribution < 1.29 is 19.4 Å². The van der Waals surface area contributed by atoms with Gasteiger partial charge < -0.3 is 15.2 Å². The lowest BCUT2D eigenvalue weighted by atomic mass is 10.0. The summed E-state index contributed by atoms with van der Waals surface area (Å²) >= 11 is 0. The van der Waals surface area contributed by atoms with E-state index in [9.17, 15) is 9.59 Å². The first-order valence-electron chi connectivity index (χ1n) is 5.16. The molecule has 15 heavy (non-hydrogen) atoms. The van der Waals surface area contributed by atoms with E-state index >= 15 is 0 Å². The molecule has 1 saturated carbocycles. The van der Waals surface area contributed by atoms with Gasteiger partial charge in [-0.25, -0.2) is 0 Å². The summed E-state index contributed by atoms with van der Waals surface area (Å²) in [4.78, 5) is 22.2. The maximum absolute atomic E-state index is 11.3. The van der Waals surface area contributed by atoms with Gasteiger partial charge in [-0.05, 0) is 12.8 Å². The first-order valence-corrected chi connectivity index (χ1v) is 5.16. The van der Waals surface area contributed by atoms with E-state index in [0.717, 1.165) is 12.8 Å². The van der Waals surface area contributed by atoms with Gasteiger partial charge in [-0.3, -0.25) is 9.59 Å². The van der Waals surface area contributed by atoms with Crippen LogP contribution in [0.15, 0.2) is 0 Å². The van der Waals surface area contributed by atoms with E-state index in [1.165, 1.54) is 7.11 Å². The quantitative estimate of drug-likeness (QED) is 0.695. The molecule has 2 atom stereocenters. The Labute approximate surface area is 88.8 Å². The zero-order valence-electron chi connectivity index (χ0n) is 8.86. The van der Waals surface area contributed by atoms with Gasteiger partial charge in [-0.1, -0.05) is 6.42 Å². The van der Waals surface area contributed by atoms with Crippen molar-refractivity contribution >= 4 is 11.9 Å². The lowest BCUT2D eigenvalue weighted by Gasteiger charge is -2.17. The van der Waals surface area contributed by atoms with Crippen LogP contribution >= 0.6 is 0 Å². The molecule has 1 amide bonds. The van der Waals surface area contributed by atoms with Crippen LogP contribution in [0.1, 0.15) is 25.7 Å². The Morgan fingerprint density at radius 1 is 1.47 bits per heavy atom. The highest BCUT2D eigenvalue weighted by Crippen LogP contribution is 2.25. The van der Waals surface area contributed by atoms with Crippen LogP contribution in [-0.4, -0.2) is 36.7 Å². The zero-order chi connectivity index (χ0) is 11.3. The molecule has 5 nitrogen and oxygen atoms in total. The van der Waals surface area contributed by atoms with Crippen LogP contribution in [0.25, 0.3) is 0 Å². The summed E-state index contributed by atoms with van der Waals surface area (Å²) in [6, 6.07) is -0.202. The Bertz CT molecular complexity index is 242. The van der Waals surface area contributed by atoms with E-state index in [0.29, 0.717) is 19.4 Å². The predicted octanol–water partition coefficient (Wildman–Crippen LogP) is 0.392. The molecule has 1 rings (SSSR count). The van der Waals surface area contributed by atoms with Gasteiger partial charge in [0.25, 0.3) is 0 Å². The average molecular weight is 215 g/mol. The summed E-state index contributed by atoms with van der Waals surface area (Å²) in [7, 11) is 1.53. The van der Waals surface area contributed by atoms with Crippen LogP contribution in [-0.2, 0) is 14.3 Å². The van der Waals surface area contributed by atoms with Crippen molar-refractivity contribution in [1.29, 1.82) is 0 Å². The molecule has 0 bridgehead atoms. The van der Waals surface area contributed by atoms with Crippen LogP contribution in [0, 0.1) is 5.92 Å². The smallest absolute Gasteiger partial charge is 0.308 e. The standard InChI is InChI=1S/C10H17NO4/c1-15-6-5-9(12)11-8-4-2-3-7(8)10(13)14/h7-8H,2-6H2,1H3,(H,11,12)(H,13,14). The third kappa shape index (κ3) is 3.51. The Morgan fingerprint density at radius 2 is 2.20 bits per heavy atom. The fraction of sp³-hybridized carbons (Fsp3) is 0.800. The van der Waals surface area contributed by atoms with Crippen LogP contribution in [0.4, 0.5) is 0 Å². The van der Waals surface area contributed by atoms with E-state index < -0.39 is 11.9 Å². The third-order valence-electron chi connectivity index (χ3n) is 2.71. The van der Waals surface area contributed by atoms with Gasteiger partial charge in [0.05, 0.1) is 12.5 Å². The van der Waals surface area contributed by atoms with Crippen LogP contribution < -0.4 is 5.32 Å². The van der Waals surface area contributed by atoms with Crippen molar-refractivity contribution in [2.24, 2.45) is 5.92 Å². The molecule has 0 aromatic rings. The zero-order valence-corrected chi connectivity index (χ0v) is 8.86. The lowest BCUT2D eigenvalue weighted by Crippen LogP contribution is -2.40. The molecule has 1 aliphatic rings. The molecule has 1 aliphatic carbocycles. The number of nitrogens with one attached hydrogen (secondary N) is 1. The van der Waals surface area contributed by atoms with Crippen molar-refractivity contribution in [2.45, 2.75) is 31.7 Å². The fourth-order valence-corrected chi connectivity index (χ4v) is 1.90. The molecular formula is C10H17NO4. The average Bonchev–Trinajstić information content (AvgIpc) is 2.62. The Morgan fingerprint density at radius 3 is 2.80 bits per heavy atom. The van der Waals surface area contributed by atoms with Crippen molar-refractivity contribution in [3.05, 3.63) is 0 Å². The number of amides is 1. The molecule has 2 N–H and O–H groups in total. The normalized spacial score (nSPS) is 25.1. The number of carboxylic acids is 1. The van der Waals surface area contributed by atoms with Gasteiger partial charge in [0.2, 0.25) is 5.91 Å². The maximum atomic E-state index is 11.3. The SMILES string of the molecule is COCCC(=O)NC1CCCC1C(=O)O. The molecule has 5 heteroatoms. The molecule has 86 valence electrons. The summed E-state index contributed by atoms with van der Waals surface area (Å²) in [6.07, 6.45) is 2.58. The monoisotopic (exact) mass is 215 g/mol. The second-order valence-electron chi connectivity index (χ2n) is 3.79. The lowest BCUT2D eigenvalue weighted by molar-refractivity contribution is -0.142. The highest BCUT2D eigenvalue weighted by molar-refractivity contribution is 5.78. The fourth-order valence-electron chi connectivity index (χ4n) is 1.90. The van der Waals surface area contributed by atoms with Crippen LogP contribution in [0.2, 0.25) is 0 Å². The second-order valence-corrected chi connectivity index (χ2v) is 3.79. The maximum Gasteiger partial charge on any atom is 0.308 e. The number of aliphatic carboxylic acids is 1. The second kappa shape index (κ2) is 5.70. The predicted molar refractivity (Wildman–Crippen MR) is 53.4 cm³/mol. The summed E-state index contributed by atoms with van der Waals surface area (Å²) in [5.41, 5.74) is 0. The molecule has 0 aromatic heterocycles. The molecule has 0 saturated heterocycles.